The Morgan fingerprint density at radius 2 is 1.87 bits per heavy atom. The first-order chi connectivity index (χ1) is 7.31. The molecule has 0 spiro atoms. The minimum absolute atomic E-state index is 1.04. The number of benzene rings is 1. The Kier molecular flexibility index (Phi) is 2.82. The fourth-order valence-electron chi connectivity index (χ4n) is 1.65. The van der Waals surface area contributed by atoms with Gasteiger partial charge in [-0.25, -0.2) is 0 Å². The normalized spacial score (nSPS) is 10.3. The molecule has 2 rings (SSSR count). The molecule has 76 valence electrons. The van der Waals surface area contributed by atoms with Crippen molar-refractivity contribution in [1.29, 1.82) is 0 Å². The lowest BCUT2D eigenvalue weighted by Gasteiger charge is -2.05. The Bertz CT molecular complexity index is 443. The summed E-state index contributed by atoms with van der Waals surface area (Å²) in [6, 6.07) is 12.6. The molecular formula is C14H15N. The molecule has 15 heavy (non-hydrogen) atoms. The third-order valence-electron chi connectivity index (χ3n) is 2.65. The molecule has 0 N–H and O–H groups in total. The van der Waals surface area contributed by atoms with Crippen molar-refractivity contribution in [1.82, 2.24) is 4.98 Å². The molecule has 1 nitrogen and oxygen atoms in total. The standard InChI is InChI=1S/C14H15N/c1-3-12-8-9-14(15-10-12)13-7-5-4-6-11(13)2/h4-10H,3H2,1-2H3. The maximum absolute atomic E-state index is 4.48. The van der Waals surface area contributed by atoms with Gasteiger partial charge < -0.3 is 0 Å². The highest BCUT2D eigenvalue weighted by Gasteiger charge is 2.01. The van der Waals surface area contributed by atoms with Gasteiger partial charge in [-0.05, 0) is 30.5 Å². The maximum Gasteiger partial charge on any atom is 0.0704 e. The number of nitrogens with zero attached hydrogens (tertiary/aromatic N) is 1. The summed E-state index contributed by atoms with van der Waals surface area (Å²) in [7, 11) is 0. The van der Waals surface area contributed by atoms with Gasteiger partial charge in [0.05, 0.1) is 5.69 Å². The van der Waals surface area contributed by atoms with Crippen LogP contribution in [0.15, 0.2) is 42.6 Å². The summed E-state index contributed by atoms with van der Waals surface area (Å²) >= 11 is 0. The van der Waals surface area contributed by atoms with Crippen LogP contribution in [0.3, 0.4) is 0 Å². The zero-order chi connectivity index (χ0) is 10.7. The van der Waals surface area contributed by atoms with E-state index in [2.05, 4.69) is 55.2 Å². The van der Waals surface area contributed by atoms with Crippen molar-refractivity contribution in [2.24, 2.45) is 0 Å². The van der Waals surface area contributed by atoms with Crippen molar-refractivity contribution in [3.05, 3.63) is 53.7 Å². The van der Waals surface area contributed by atoms with E-state index in [-0.39, 0.29) is 0 Å². The van der Waals surface area contributed by atoms with E-state index in [0.717, 1.165) is 12.1 Å². The van der Waals surface area contributed by atoms with E-state index in [0.29, 0.717) is 0 Å². The molecule has 0 aliphatic carbocycles. The second-order valence-electron chi connectivity index (χ2n) is 3.72. The number of aryl methyl sites for hydroxylation is 2. The summed E-state index contributed by atoms with van der Waals surface area (Å²) in [4.78, 5) is 4.48. The van der Waals surface area contributed by atoms with E-state index in [1.807, 2.05) is 6.20 Å². The molecule has 0 fully saturated rings. The first-order valence-corrected chi connectivity index (χ1v) is 5.32. The number of rotatable bonds is 2. The SMILES string of the molecule is CCc1ccc(-c2ccccc2C)nc1. The Hall–Kier alpha value is -1.63. The summed E-state index contributed by atoms with van der Waals surface area (Å²) in [6.07, 6.45) is 3.00. The highest BCUT2D eigenvalue weighted by atomic mass is 14.7. The van der Waals surface area contributed by atoms with Gasteiger partial charge in [0.25, 0.3) is 0 Å². The van der Waals surface area contributed by atoms with Crippen LogP contribution in [0, 0.1) is 6.92 Å². The molecule has 0 saturated heterocycles. The van der Waals surface area contributed by atoms with Gasteiger partial charge in [0.2, 0.25) is 0 Å². The highest BCUT2D eigenvalue weighted by Crippen LogP contribution is 2.20. The highest BCUT2D eigenvalue weighted by molar-refractivity contribution is 5.63. The molecule has 1 aromatic heterocycles. The third kappa shape index (κ3) is 2.07. The largest absolute Gasteiger partial charge is 0.256 e. The molecule has 0 bridgehead atoms. The van der Waals surface area contributed by atoms with Crippen LogP contribution in [-0.2, 0) is 6.42 Å². The minimum Gasteiger partial charge on any atom is -0.256 e. The van der Waals surface area contributed by atoms with Crippen molar-refractivity contribution in [3.63, 3.8) is 0 Å². The Morgan fingerprint density at radius 3 is 2.47 bits per heavy atom. The van der Waals surface area contributed by atoms with Gasteiger partial charge >= 0.3 is 0 Å². The minimum atomic E-state index is 1.04. The Morgan fingerprint density at radius 1 is 1.07 bits per heavy atom. The van der Waals surface area contributed by atoms with Crippen LogP contribution in [0.4, 0.5) is 0 Å². The number of hydrogen-bond acceptors (Lipinski definition) is 1. The van der Waals surface area contributed by atoms with Gasteiger partial charge in [-0.2, -0.15) is 0 Å². The Balaban J connectivity index is 2.42. The van der Waals surface area contributed by atoms with E-state index < -0.39 is 0 Å². The molecule has 0 atom stereocenters. The van der Waals surface area contributed by atoms with Gasteiger partial charge in [-0.3, -0.25) is 4.98 Å². The van der Waals surface area contributed by atoms with E-state index in [1.54, 1.807) is 0 Å². The molecule has 1 heterocycles. The lowest BCUT2D eigenvalue weighted by molar-refractivity contribution is 1.10. The van der Waals surface area contributed by atoms with E-state index >= 15 is 0 Å². The van der Waals surface area contributed by atoms with Crippen LogP contribution in [0.1, 0.15) is 18.1 Å². The van der Waals surface area contributed by atoms with Crippen molar-refractivity contribution in [3.8, 4) is 11.3 Å². The molecule has 0 radical (unpaired) electrons. The van der Waals surface area contributed by atoms with Crippen molar-refractivity contribution in [2.75, 3.05) is 0 Å². The summed E-state index contributed by atoms with van der Waals surface area (Å²) in [5.74, 6) is 0. The average molecular weight is 197 g/mol. The molecule has 0 unspecified atom stereocenters. The van der Waals surface area contributed by atoms with Crippen LogP contribution in [0.5, 0.6) is 0 Å². The zero-order valence-electron chi connectivity index (χ0n) is 9.20. The van der Waals surface area contributed by atoms with Crippen LogP contribution in [0.25, 0.3) is 11.3 Å². The van der Waals surface area contributed by atoms with Gasteiger partial charge in [-0.15, -0.1) is 0 Å². The van der Waals surface area contributed by atoms with Crippen LogP contribution in [-0.4, -0.2) is 4.98 Å². The number of aromatic nitrogens is 1. The number of pyridine rings is 1. The Labute approximate surface area is 90.8 Å². The zero-order valence-corrected chi connectivity index (χ0v) is 9.20. The second-order valence-corrected chi connectivity index (χ2v) is 3.72. The predicted molar refractivity (Wildman–Crippen MR) is 63.8 cm³/mol. The molecule has 1 aromatic carbocycles. The summed E-state index contributed by atoms with van der Waals surface area (Å²) in [5.41, 5.74) is 4.84. The summed E-state index contributed by atoms with van der Waals surface area (Å²) in [6.45, 7) is 4.26. The van der Waals surface area contributed by atoms with Crippen LogP contribution in [0.2, 0.25) is 0 Å². The summed E-state index contributed by atoms with van der Waals surface area (Å²) < 4.78 is 0. The van der Waals surface area contributed by atoms with E-state index in [9.17, 15) is 0 Å². The first-order valence-electron chi connectivity index (χ1n) is 5.32. The fourth-order valence-corrected chi connectivity index (χ4v) is 1.65. The van der Waals surface area contributed by atoms with Crippen LogP contribution < -0.4 is 0 Å². The molecule has 2 aromatic rings. The lowest BCUT2D eigenvalue weighted by Crippen LogP contribution is -1.88. The van der Waals surface area contributed by atoms with Crippen LogP contribution >= 0.6 is 0 Å². The molecule has 0 amide bonds. The van der Waals surface area contributed by atoms with Gasteiger partial charge in [-0.1, -0.05) is 37.3 Å². The van der Waals surface area contributed by atoms with E-state index in [1.165, 1.54) is 16.7 Å². The third-order valence-corrected chi connectivity index (χ3v) is 2.65. The van der Waals surface area contributed by atoms with Crippen molar-refractivity contribution < 1.29 is 0 Å². The van der Waals surface area contributed by atoms with Crippen molar-refractivity contribution >= 4 is 0 Å². The van der Waals surface area contributed by atoms with E-state index in [4.69, 9.17) is 0 Å². The molecule has 0 aliphatic heterocycles. The van der Waals surface area contributed by atoms with Gasteiger partial charge in [0.1, 0.15) is 0 Å². The number of hydrogen-bond donors (Lipinski definition) is 0. The second kappa shape index (κ2) is 4.26. The molecule has 0 aliphatic rings. The van der Waals surface area contributed by atoms with Gasteiger partial charge in [0.15, 0.2) is 0 Å². The smallest absolute Gasteiger partial charge is 0.0704 e. The fraction of sp³-hybridized carbons (Fsp3) is 0.214. The predicted octanol–water partition coefficient (Wildman–Crippen LogP) is 3.62. The molecule has 0 saturated carbocycles. The van der Waals surface area contributed by atoms with Crippen molar-refractivity contribution in [2.45, 2.75) is 20.3 Å². The molecular weight excluding hydrogens is 182 g/mol. The first kappa shape index (κ1) is 9.91. The summed E-state index contributed by atoms with van der Waals surface area (Å²) in [5, 5.41) is 0. The average Bonchev–Trinajstić information content (AvgIpc) is 2.30. The monoisotopic (exact) mass is 197 g/mol. The molecule has 1 heteroatoms. The maximum atomic E-state index is 4.48. The van der Waals surface area contributed by atoms with Gasteiger partial charge in [0, 0.05) is 11.8 Å². The quantitative estimate of drug-likeness (QED) is 0.716. The lowest BCUT2D eigenvalue weighted by atomic mass is 10.0. The topological polar surface area (TPSA) is 12.9 Å².